The van der Waals surface area contributed by atoms with Crippen LogP contribution >= 0.6 is 0 Å². The number of benzene rings is 1. The van der Waals surface area contributed by atoms with Crippen molar-refractivity contribution in [1.82, 2.24) is 5.32 Å². The molecular formula is C15H18N2O3. The third kappa shape index (κ3) is 5.11. The summed E-state index contributed by atoms with van der Waals surface area (Å²) in [6.07, 6.45) is 0.461. The molecule has 0 heterocycles. The summed E-state index contributed by atoms with van der Waals surface area (Å²) in [5.41, 5.74) is 0.481. The molecule has 0 saturated carbocycles. The van der Waals surface area contributed by atoms with Gasteiger partial charge in [0, 0.05) is 5.56 Å². The first-order valence-corrected chi connectivity index (χ1v) is 6.44. The average molecular weight is 274 g/mol. The van der Waals surface area contributed by atoms with Gasteiger partial charge < -0.3 is 10.1 Å². The molecule has 0 aliphatic carbocycles. The zero-order chi connectivity index (χ0) is 15.0. The topological polar surface area (TPSA) is 79.2 Å². The maximum absolute atomic E-state index is 12.0. The van der Waals surface area contributed by atoms with Crippen molar-refractivity contribution in [3.8, 4) is 6.07 Å². The number of hydrogen-bond donors (Lipinski definition) is 1. The zero-order valence-corrected chi connectivity index (χ0v) is 11.6. The van der Waals surface area contributed by atoms with Crippen LogP contribution in [0.1, 0.15) is 30.6 Å². The fourth-order valence-corrected chi connectivity index (χ4v) is 1.72. The van der Waals surface area contributed by atoms with Crippen molar-refractivity contribution in [3.05, 3.63) is 35.9 Å². The van der Waals surface area contributed by atoms with E-state index in [0.717, 1.165) is 0 Å². The van der Waals surface area contributed by atoms with E-state index in [1.54, 1.807) is 30.3 Å². The number of amides is 1. The fraction of sp³-hybridized carbons (Fsp3) is 0.400. The standard InChI is InChI=1S/C15H18N2O3/c1-11(2)10-13(15(19)20-9-8-16)17-14(18)12-6-4-3-5-7-12/h3-7,11,13H,9-10H2,1-2H3,(H,17,18)/t13-/m0/s1. The SMILES string of the molecule is CC(C)C[C@H](NC(=O)c1ccccc1)C(=O)OCC#N. The van der Waals surface area contributed by atoms with Crippen LogP contribution in [0.2, 0.25) is 0 Å². The van der Waals surface area contributed by atoms with Crippen molar-refractivity contribution in [2.75, 3.05) is 6.61 Å². The molecule has 0 saturated heterocycles. The molecule has 1 N–H and O–H groups in total. The van der Waals surface area contributed by atoms with Crippen LogP contribution in [0.5, 0.6) is 0 Å². The molecule has 0 spiro atoms. The molecule has 0 radical (unpaired) electrons. The van der Waals surface area contributed by atoms with E-state index in [9.17, 15) is 9.59 Å². The van der Waals surface area contributed by atoms with E-state index in [1.807, 2.05) is 19.9 Å². The summed E-state index contributed by atoms with van der Waals surface area (Å²) in [7, 11) is 0. The van der Waals surface area contributed by atoms with Gasteiger partial charge in [0.05, 0.1) is 0 Å². The monoisotopic (exact) mass is 274 g/mol. The maximum atomic E-state index is 12.0. The highest BCUT2D eigenvalue weighted by molar-refractivity contribution is 5.96. The largest absolute Gasteiger partial charge is 0.449 e. The molecule has 0 unspecified atom stereocenters. The van der Waals surface area contributed by atoms with Crippen LogP contribution in [-0.2, 0) is 9.53 Å². The first-order chi connectivity index (χ1) is 9.54. The van der Waals surface area contributed by atoms with Gasteiger partial charge in [-0.05, 0) is 24.5 Å². The minimum Gasteiger partial charge on any atom is -0.449 e. The molecule has 20 heavy (non-hydrogen) atoms. The van der Waals surface area contributed by atoms with Crippen molar-refractivity contribution < 1.29 is 14.3 Å². The normalized spacial score (nSPS) is 11.5. The van der Waals surface area contributed by atoms with Gasteiger partial charge >= 0.3 is 5.97 Å². The van der Waals surface area contributed by atoms with E-state index in [2.05, 4.69) is 5.32 Å². The zero-order valence-electron chi connectivity index (χ0n) is 11.6. The lowest BCUT2D eigenvalue weighted by Gasteiger charge is -2.18. The number of nitrogens with one attached hydrogen (secondary N) is 1. The predicted molar refractivity (Wildman–Crippen MR) is 73.7 cm³/mol. The van der Waals surface area contributed by atoms with E-state index in [-0.39, 0.29) is 18.4 Å². The van der Waals surface area contributed by atoms with Gasteiger partial charge in [-0.25, -0.2) is 4.79 Å². The molecule has 1 aromatic rings. The van der Waals surface area contributed by atoms with Crippen LogP contribution in [0.25, 0.3) is 0 Å². The molecule has 1 aromatic carbocycles. The summed E-state index contributed by atoms with van der Waals surface area (Å²) in [4.78, 5) is 23.8. The molecule has 1 amide bonds. The Labute approximate surface area is 118 Å². The highest BCUT2D eigenvalue weighted by Crippen LogP contribution is 2.08. The lowest BCUT2D eigenvalue weighted by Crippen LogP contribution is -2.42. The lowest BCUT2D eigenvalue weighted by atomic mass is 10.0. The number of esters is 1. The second kappa shape index (κ2) is 7.95. The highest BCUT2D eigenvalue weighted by Gasteiger charge is 2.23. The van der Waals surface area contributed by atoms with Crippen molar-refractivity contribution >= 4 is 11.9 Å². The van der Waals surface area contributed by atoms with Gasteiger partial charge in [0.2, 0.25) is 0 Å². The Bertz CT molecular complexity index is 492. The molecule has 0 aromatic heterocycles. The van der Waals surface area contributed by atoms with Gasteiger partial charge in [0.15, 0.2) is 6.61 Å². The third-order valence-electron chi connectivity index (χ3n) is 2.61. The van der Waals surface area contributed by atoms with E-state index in [4.69, 9.17) is 10.00 Å². The maximum Gasteiger partial charge on any atom is 0.329 e. The number of hydrogen-bond acceptors (Lipinski definition) is 4. The van der Waals surface area contributed by atoms with Gasteiger partial charge in [-0.1, -0.05) is 32.0 Å². The molecule has 0 bridgehead atoms. The van der Waals surface area contributed by atoms with Crippen molar-refractivity contribution in [2.24, 2.45) is 5.92 Å². The molecule has 0 aliphatic rings. The Morgan fingerprint density at radius 3 is 2.50 bits per heavy atom. The van der Waals surface area contributed by atoms with Crippen molar-refractivity contribution in [1.29, 1.82) is 5.26 Å². The molecule has 106 valence electrons. The summed E-state index contributed by atoms with van der Waals surface area (Å²) in [5.74, 6) is -0.694. The summed E-state index contributed by atoms with van der Waals surface area (Å²) < 4.78 is 4.78. The summed E-state index contributed by atoms with van der Waals surface area (Å²) in [6.45, 7) is 3.58. The van der Waals surface area contributed by atoms with Gasteiger partial charge in [0.25, 0.3) is 5.91 Å². The van der Waals surface area contributed by atoms with Crippen LogP contribution in [0, 0.1) is 17.2 Å². The van der Waals surface area contributed by atoms with Crippen molar-refractivity contribution in [2.45, 2.75) is 26.3 Å². The van der Waals surface area contributed by atoms with Crippen LogP contribution in [0.3, 0.4) is 0 Å². The third-order valence-corrected chi connectivity index (χ3v) is 2.61. The molecule has 1 atom stereocenters. The number of ether oxygens (including phenoxy) is 1. The summed E-state index contributed by atoms with van der Waals surface area (Å²) >= 11 is 0. The first kappa shape index (κ1) is 15.7. The Hall–Kier alpha value is -2.35. The number of rotatable bonds is 6. The fourth-order valence-electron chi connectivity index (χ4n) is 1.72. The van der Waals surface area contributed by atoms with Gasteiger partial charge in [-0.3, -0.25) is 4.79 Å². The number of nitrogens with zero attached hydrogens (tertiary/aromatic N) is 1. The van der Waals surface area contributed by atoms with E-state index in [1.165, 1.54) is 0 Å². The Balaban J connectivity index is 2.72. The predicted octanol–water partition coefficient (Wildman–Crippen LogP) is 1.90. The molecule has 0 fully saturated rings. The Morgan fingerprint density at radius 2 is 1.95 bits per heavy atom. The second-order valence-electron chi connectivity index (χ2n) is 4.79. The van der Waals surface area contributed by atoms with E-state index in [0.29, 0.717) is 12.0 Å². The van der Waals surface area contributed by atoms with E-state index >= 15 is 0 Å². The Kier molecular flexibility index (Phi) is 6.24. The van der Waals surface area contributed by atoms with Gasteiger partial charge in [-0.2, -0.15) is 5.26 Å². The van der Waals surface area contributed by atoms with Gasteiger partial charge in [-0.15, -0.1) is 0 Å². The minimum absolute atomic E-state index is 0.214. The van der Waals surface area contributed by atoms with Crippen LogP contribution in [0.4, 0.5) is 0 Å². The lowest BCUT2D eigenvalue weighted by molar-refractivity contribution is -0.144. The number of carbonyl (C=O) groups is 2. The van der Waals surface area contributed by atoms with Crippen LogP contribution in [-0.4, -0.2) is 24.5 Å². The molecule has 5 nitrogen and oxygen atoms in total. The van der Waals surface area contributed by atoms with Crippen LogP contribution in [0.15, 0.2) is 30.3 Å². The molecule has 0 aliphatic heterocycles. The van der Waals surface area contributed by atoms with Gasteiger partial charge in [0.1, 0.15) is 12.1 Å². The smallest absolute Gasteiger partial charge is 0.329 e. The Morgan fingerprint density at radius 1 is 1.30 bits per heavy atom. The molecule has 5 heteroatoms. The quantitative estimate of drug-likeness (QED) is 0.803. The van der Waals surface area contributed by atoms with Crippen molar-refractivity contribution in [3.63, 3.8) is 0 Å². The second-order valence-corrected chi connectivity index (χ2v) is 4.79. The first-order valence-electron chi connectivity index (χ1n) is 6.44. The summed E-state index contributed by atoms with van der Waals surface area (Å²) in [6, 6.07) is 9.64. The number of nitriles is 1. The molecule has 1 rings (SSSR count). The van der Waals surface area contributed by atoms with E-state index < -0.39 is 12.0 Å². The molecular weight excluding hydrogens is 256 g/mol. The summed E-state index contributed by atoms with van der Waals surface area (Å²) in [5, 5.41) is 11.1. The minimum atomic E-state index is -0.740. The highest BCUT2D eigenvalue weighted by atomic mass is 16.5. The van der Waals surface area contributed by atoms with Crippen LogP contribution < -0.4 is 5.32 Å². The number of carbonyl (C=O) groups excluding carboxylic acids is 2. The average Bonchev–Trinajstić information content (AvgIpc) is 2.44.